The second-order valence-corrected chi connectivity index (χ2v) is 4.06. The van der Waals surface area contributed by atoms with Gasteiger partial charge in [-0.15, -0.1) is 0 Å². The largest absolute Gasteiger partial charge is 0.333 e. The van der Waals surface area contributed by atoms with Crippen molar-refractivity contribution in [2.45, 2.75) is 33.1 Å². The molecule has 0 aliphatic heterocycles. The summed E-state index contributed by atoms with van der Waals surface area (Å²) in [5.41, 5.74) is 0. The number of nitrogens with two attached hydrogens (primary N) is 1. The van der Waals surface area contributed by atoms with E-state index in [0.29, 0.717) is 5.92 Å². The third kappa shape index (κ3) is 6.57. The van der Waals surface area contributed by atoms with E-state index in [1.807, 2.05) is 6.92 Å². The third-order valence-electron chi connectivity index (χ3n) is 1.74. The van der Waals surface area contributed by atoms with Crippen LogP contribution in [-0.2, 0) is 14.5 Å². The first-order valence-corrected chi connectivity index (χ1v) is 5.63. The van der Waals surface area contributed by atoms with Gasteiger partial charge in [0.05, 0.1) is 6.61 Å². The molecule has 0 aliphatic carbocycles. The van der Waals surface area contributed by atoms with Crippen LogP contribution in [-0.4, -0.2) is 15.0 Å². The molecule has 0 aromatic carbocycles. The Morgan fingerprint density at radius 3 is 2.33 bits per heavy atom. The minimum absolute atomic E-state index is 0.211. The predicted octanol–water partition coefficient (Wildman–Crippen LogP) is 1.03. The zero-order valence-corrected chi connectivity index (χ0v) is 8.43. The van der Waals surface area contributed by atoms with Crippen LogP contribution in [0.1, 0.15) is 33.1 Å². The topological polar surface area (TPSA) is 69.4 Å². The van der Waals surface area contributed by atoms with Gasteiger partial charge in [0.2, 0.25) is 0 Å². The first-order chi connectivity index (χ1) is 5.49. The molecule has 0 aliphatic rings. The fourth-order valence-electron chi connectivity index (χ4n) is 1.00. The van der Waals surface area contributed by atoms with Crippen molar-refractivity contribution in [3.05, 3.63) is 0 Å². The van der Waals surface area contributed by atoms with E-state index in [-0.39, 0.29) is 6.61 Å². The van der Waals surface area contributed by atoms with Crippen LogP contribution in [0.3, 0.4) is 0 Å². The van der Waals surface area contributed by atoms with Crippen LogP contribution in [0, 0.1) is 5.92 Å². The van der Waals surface area contributed by atoms with Gasteiger partial charge in [-0.25, -0.2) is 5.14 Å². The van der Waals surface area contributed by atoms with Gasteiger partial charge in [-0.3, -0.25) is 4.18 Å². The van der Waals surface area contributed by atoms with E-state index < -0.39 is 10.3 Å². The van der Waals surface area contributed by atoms with Gasteiger partial charge in [-0.2, -0.15) is 8.42 Å². The van der Waals surface area contributed by atoms with E-state index in [4.69, 9.17) is 0 Å². The lowest BCUT2D eigenvalue weighted by Gasteiger charge is -2.11. The van der Waals surface area contributed by atoms with Crippen LogP contribution in [0.25, 0.3) is 0 Å². The molecular weight excluding hydrogens is 178 g/mol. The Bertz CT molecular complexity index is 201. The van der Waals surface area contributed by atoms with E-state index in [0.717, 1.165) is 19.3 Å². The van der Waals surface area contributed by atoms with Gasteiger partial charge in [0.1, 0.15) is 0 Å². The van der Waals surface area contributed by atoms with Crippen molar-refractivity contribution >= 4 is 10.3 Å². The normalized spacial score (nSPS) is 14.6. The molecular formula is C7H17NO3S. The van der Waals surface area contributed by atoms with E-state index in [1.165, 1.54) is 0 Å². The Labute approximate surface area is 74.4 Å². The smallest absolute Gasteiger partial charge is 0.258 e. The van der Waals surface area contributed by atoms with Crippen molar-refractivity contribution < 1.29 is 12.6 Å². The Morgan fingerprint density at radius 2 is 2.00 bits per heavy atom. The maximum atomic E-state index is 10.4. The summed E-state index contributed by atoms with van der Waals surface area (Å²) >= 11 is 0. The van der Waals surface area contributed by atoms with Crippen molar-refractivity contribution in [2.75, 3.05) is 6.61 Å². The third-order valence-corrected chi connectivity index (χ3v) is 2.21. The summed E-state index contributed by atoms with van der Waals surface area (Å²) < 4.78 is 25.3. The SMILES string of the molecule is CCC[C@@H](CC)COS(N)(=O)=O. The Hall–Kier alpha value is -0.130. The predicted molar refractivity (Wildman–Crippen MR) is 47.7 cm³/mol. The summed E-state index contributed by atoms with van der Waals surface area (Å²) in [6.07, 6.45) is 2.93. The summed E-state index contributed by atoms with van der Waals surface area (Å²) in [6.45, 7) is 4.27. The monoisotopic (exact) mass is 195 g/mol. The Balaban J connectivity index is 3.73. The molecule has 5 heteroatoms. The van der Waals surface area contributed by atoms with Crippen LogP contribution in [0.4, 0.5) is 0 Å². The highest BCUT2D eigenvalue weighted by atomic mass is 32.2. The minimum Gasteiger partial charge on any atom is -0.258 e. The Kier molecular flexibility index (Phi) is 5.44. The molecule has 0 amide bonds. The van der Waals surface area contributed by atoms with Gasteiger partial charge in [-0.05, 0) is 12.3 Å². The van der Waals surface area contributed by atoms with Gasteiger partial charge >= 0.3 is 10.3 Å². The molecule has 0 aromatic heterocycles. The highest BCUT2D eigenvalue weighted by Gasteiger charge is 2.09. The number of hydrogen-bond donors (Lipinski definition) is 1. The highest BCUT2D eigenvalue weighted by Crippen LogP contribution is 2.11. The molecule has 1 atom stereocenters. The second kappa shape index (κ2) is 5.50. The number of hydrogen-bond acceptors (Lipinski definition) is 3. The van der Waals surface area contributed by atoms with Crippen LogP contribution in [0.15, 0.2) is 0 Å². The lowest BCUT2D eigenvalue weighted by Crippen LogP contribution is -2.20. The molecule has 0 unspecified atom stereocenters. The molecule has 0 radical (unpaired) electrons. The fraction of sp³-hybridized carbons (Fsp3) is 1.00. The van der Waals surface area contributed by atoms with Gasteiger partial charge in [0.15, 0.2) is 0 Å². The van der Waals surface area contributed by atoms with Crippen LogP contribution >= 0.6 is 0 Å². The first-order valence-electron chi connectivity index (χ1n) is 4.16. The zero-order chi connectivity index (χ0) is 9.61. The van der Waals surface area contributed by atoms with Crippen LogP contribution < -0.4 is 5.14 Å². The van der Waals surface area contributed by atoms with Gasteiger partial charge in [0, 0.05) is 0 Å². The van der Waals surface area contributed by atoms with E-state index in [2.05, 4.69) is 16.2 Å². The molecule has 0 saturated heterocycles. The van der Waals surface area contributed by atoms with Crippen molar-refractivity contribution in [3.8, 4) is 0 Å². The lowest BCUT2D eigenvalue weighted by atomic mass is 10.0. The molecule has 0 fully saturated rings. The molecule has 0 rings (SSSR count). The van der Waals surface area contributed by atoms with Crippen molar-refractivity contribution in [2.24, 2.45) is 11.1 Å². The summed E-state index contributed by atoms with van der Waals surface area (Å²) in [5, 5.41) is 4.68. The van der Waals surface area contributed by atoms with Crippen molar-refractivity contribution in [3.63, 3.8) is 0 Å². The maximum absolute atomic E-state index is 10.4. The first kappa shape index (κ1) is 11.9. The van der Waals surface area contributed by atoms with Gasteiger partial charge < -0.3 is 0 Å². The van der Waals surface area contributed by atoms with Crippen LogP contribution in [0.5, 0.6) is 0 Å². The summed E-state index contributed by atoms with van der Waals surface area (Å²) in [5.74, 6) is 0.299. The quantitative estimate of drug-likeness (QED) is 0.688. The zero-order valence-electron chi connectivity index (χ0n) is 7.62. The minimum atomic E-state index is -3.75. The maximum Gasteiger partial charge on any atom is 0.333 e. The van der Waals surface area contributed by atoms with Crippen molar-refractivity contribution in [1.29, 1.82) is 0 Å². The molecule has 2 N–H and O–H groups in total. The molecule has 0 heterocycles. The Morgan fingerprint density at radius 1 is 1.42 bits per heavy atom. The molecule has 74 valence electrons. The van der Waals surface area contributed by atoms with Gasteiger partial charge in [0.25, 0.3) is 0 Å². The second-order valence-electron chi connectivity index (χ2n) is 2.84. The van der Waals surface area contributed by atoms with Crippen molar-refractivity contribution in [1.82, 2.24) is 0 Å². The summed E-state index contributed by atoms with van der Waals surface area (Å²) in [7, 11) is -3.75. The average Bonchev–Trinajstić information content (AvgIpc) is 1.96. The molecule has 0 spiro atoms. The standard InChI is InChI=1S/C7H17NO3S/c1-3-5-7(4-2)6-11-12(8,9)10/h7H,3-6H2,1-2H3,(H2,8,9,10)/t7-/m1/s1. The fourth-order valence-corrected chi connectivity index (χ4v) is 1.39. The highest BCUT2D eigenvalue weighted by molar-refractivity contribution is 7.84. The summed E-state index contributed by atoms with van der Waals surface area (Å²) in [4.78, 5) is 0. The molecule has 0 saturated carbocycles. The molecule has 4 nitrogen and oxygen atoms in total. The lowest BCUT2D eigenvalue weighted by molar-refractivity contribution is 0.240. The van der Waals surface area contributed by atoms with E-state index in [1.54, 1.807) is 0 Å². The molecule has 0 aromatic rings. The van der Waals surface area contributed by atoms with Crippen LogP contribution in [0.2, 0.25) is 0 Å². The summed E-state index contributed by atoms with van der Waals surface area (Å²) in [6, 6.07) is 0. The van der Waals surface area contributed by atoms with Gasteiger partial charge in [-0.1, -0.05) is 26.7 Å². The van der Waals surface area contributed by atoms with E-state index >= 15 is 0 Å². The molecule has 12 heavy (non-hydrogen) atoms. The molecule has 0 bridgehead atoms. The van der Waals surface area contributed by atoms with E-state index in [9.17, 15) is 8.42 Å². The number of rotatable bonds is 6. The average molecular weight is 195 g/mol.